The van der Waals surface area contributed by atoms with Crippen molar-refractivity contribution in [1.82, 2.24) is 15.4 Å². The lowest BCUT2D eigenvalue weighted by Crippen LogP contribution is -2.20. The fraction of sp³-hybridized carbons (Fsp3) is 0.0455. The molecule has 6 nitrogen and oxygen atoms in total. The Morgan fingerprint density at radius 1 is 0.964 bits per heavy atom. The van der Waals surface area contributed by atoms with Crippen molar-refractivity contribution < 1.29 is 4.74 Å². The molecule has 28 heavy (non-hydrogen) atoms. The van der Waals surface area contributed by atoms with Crippen LogP contribution in [-0.4, -0.2) is 29.1 Å². The summed E-state index contributed by atoms with van der Waals surface area (Å²) in [5, 5.41) is 4.35. The smallest absolute Gasteiger partial charge is 0.190 e. The van der Waals surface area contributed by atoms with Gasteiger partial charge in [-0.3, -0.25) is 5.43 Å². The number of hydrogen-bond donors (Lipinski definition) is 2. The van der Waals surface area contributed by atoms with E-state index in [4.69, 9.17) is 4.74 Å². The molecule has 3 aromatic carbocycles. The number of nitrogens with one attached hydrogen (secondary N) is 2. The fourth-order valence-corrected chi connectivity index (χ4v) is 2.76. The van der Waals surface area contributed by atoms with Gasteiger partial charge >= 0.3 is 0 Å². The summed E-state index contributed by atoms with van der Waals surface area (Å²) in [6, 6.07) is 25.2. The Morgan fingerprint density at radius 2 is 1.71 bits per heavy atom. The van der Waals surface area contributed by atoms with Crippen LogP contribution >= 0.6 is 0 Å². The molecule has 0 saturated carbocycles. The molecule has 2 N–H and O–H groups in total. The summed E-state index contributed by atoms with van der Waals surface area (Å²) in [5.74, 6) is 1.88. The second-order valence-corrected chi connectivity index (χ2v) is 6.01. The van der Waals surface area contributed by atoms with Gasteiger partial charge in [0.25, 0.3) is 0 Å². The molecule has 0 atom stereocenters. The Morgan fingerprint density at radius 3 is 2.54 bits per heavy atom. The van der Waals surface area contributed by atoms with Crippen molar-refractivity contribution in [3.05, 3.63) is 90.3 Å². The van der Waals surface area contributed by atoms with Gasteiger partial charge in [0.1, 0.15) is 5.75 Å². The summed E-state index contributed by atoms with van der Waals surface area (Å²) >= 11 is 0. The summed E-state index contributed by atoms with van der Waals surface area (Å²) in [6.07, 6.45) is 1.70. The van der Waals surface area contributed by atoms with E-state index < -0.39 is 0 Å². The van der Waals surface area contributed by atoms with E-state index in [2.05, 4.69) is 25.5 Å². The first kappa shape index (κ1) is 17.5. The van der Waals surface area contributed by atoms with Crippen LogP contribution in [0.1, 0.15) is 11.4 Å². The Kier molecular flexibility index (Phi) is 5.11. The molecule has 1 aromatic heterocycles. The zero-order chi connectivity index (χ0) is 19.2. The Labute approximate surface area is 162 Å². The molecular formula is C22H19N5O. The highest BCUT2D eigenvalue weighted by Crippen LogP contribution is 2.16. The number of nitrogens with zero attached hydrogens (tertiary/aromatic N) is 3. The minimum absolute atomic E-state index is 0.522. The van der Waals surface area contributed by atoms with Crippen LogP contribution in [-0.2, 0) is 0 Å². The summed E-state index contributed by atoms with van der Waals surface area (Å²) in [6.45, 7) is 0. The molecule has 0 aliphatic heterocycles. The third kappa shape index (κ3) is 3.91. The first-order chi connectivity index (χ1) is 13.8. The number of ether oxygens (including phenoxy) is 1. The predicted octanol–water partition coefficient (Wildman–Crippen LogP) is 4.27. The van der Waals surface area contributed by atoms with Gasteiger partial charge in [-0.1, -0.05) is 42.5 Å². The lowest BCUT2D eigenvalue weighted by atomic mass is 10.2. The highest BCUT2D eigenvalue weighted by atomic mass is 16.5. The van der Waals surface area contributed by atoms with Crippen LogP contribution in [0.4, 0.5) is 5.69 Å². The first-order valence-corrected chi connectivity index (χ1v) is 8.84. The molecule has 1 heterocycles. The van der Waals surface area contributed by atoms with Crippen molar-refractivity contribution in [1.29, 1.82) is 0 Å². The van der Waals surface area contributed by atoms with Crippen molar-refractivity contribution >= 4 is 28.8 Å². The maximum Gasteiger partial charge on any atom is 0.190 e. The van der Waals surface area contributed by atoms with Gasteiger partial charge in [-0.2, -0.15) is 5.10 Å². The third-order valence-corrected chi connectivity index (χ3v) is 4.12. The Bertz CT molecular complexity index is 1100. The molecule has 4 aromatic rings. The largest absolute Gasteiger partial charge is 0.496 e. The van der Waals surface area contributed by atoms with E-state index >= 15 is 0 Å². The number of fused-ring (bicyclic) bond motifs is 1. The molecule has 0 aliphatic carbocycles. The molecule has 0 radical (unpaired) electrons. The van der Waals surface area contributed by atoms with Crippen LogP contribution in [0.5, 0.6) is 5.75 Å². The monoisotopic (exact) mass is 369 g/mol. The van der Waals surface area contributed by atoms with E-state index in [0.29, 0.717) is 11.7 Å². The average molecular weight is 369 g/mol. The highest BCUT2D eigenvalue weighted by Gasteiger charge is 2.09. The van der Waals surface area contributed by atoms with Gasteiger partial charge in [0.15, 0.2) is 11.7 Å². The third-order valence-electron chi connectivity index (χ3n) is 4.12. The SMILES string of the molecule is COc1ccccc1/C=N/NC(=Nc1ccccc1)c1nc2ccccc2[nH]1. The van der Waals surface area contributed by atoms with Crippen LogP contribution < -0.4 is 10.2 Å². The lowest BCUT2D eigenvalue weighted by Gasteiger charge is -2.05. The van der Waals surface area contributed by atoms with Gasteiger partial charge in [0, 0.05) is 5.56 Å². The maximum absolute atomic E-state index is 5.36. The first-order valence-electron chi connectivity index (χ1n) is 8.84. The number of methoxy groups -OCH3 is 1. The quantitative estimate of drug-likeness (QED) is 0.313. The van der Waals surface area contributed by atoms with Crippen molar-refractivity contribution in [2.24, 2.45) is 10.1 Å². The number of aromatic amines is 1. The van der Waals surface area contributed by atoms with Gasteiger partial charge in [0.05, 0.1) is 30.0 Å². The van der Waals surface area contributed by atoms with Crippen molar-refractivity contribution in [2.75, 3.05) is 7.11 Å². The van der Waals surface area contributed by atoms with Gasteiger partial charge in [0.2, 0.25) is 0 Å². The summed E-state index contributed by atoms with van der Waals surface area (Å²) in [7, 11) is 1.64. The standard InChI is InChI=1S/C22H19N5O/c1-28-20-14-8-5-9-16(20)15-23-27-22(24-17-10-3-2-4-11-17)21-25-18-12-6-7-13-19(18)26-21/h2-15H,1H3,(H,24,27)(H,25,26)/b23-15+. The number of aliphatic imine (C=N–C) groups is 1. The van der Waals surface area contributed by atoms with Gasteiger partial charge < -0.3 is 9.72 Å². The van der Waals surface area contributed by atoms with E-state index in [1.54, 1.807) is 13.3 Å². The van der Waals surface area contributed by atoms with Gasteiger partial charge in [-0.25, -0.2) is 9.98 Å². The number of H-pyrrole nitrogens is 1. The fourth-order valence-electron chi connectivity index (χ4n) is 2.76. The molecular weight excluding hydrogens is 350 g/mol. The van der Waals surface area contributed by atoms with Crippen molar-refractivity contribution in [2.45, 2.75) is 0 Å². The number of rotatable bonds is 5. The number of aromatic nitrogens is 2. The number of benzene rings is 3. The molecule has 0 unspecified atom stereocenters. The Hall–Kier alpha value is -3.93. The van der Waals surface area contributed by atoms with E-state index in [1.807, 2.05) is 78.9 Å². The van der Waals surface area contributed by atoms with Gasteiger partial charge in [-0.05, 0) is 36.4 Å². The maximum atomic E-state index is 5.36. The number of imidazole rings is 1. The minimum Gasteiger partial charge on any atom is -0.496 e. The molecule has 0 fully saturated rings. The van der Waals surface area contributed by atoms with E-state index in [0.717, 1.165) is 28.0 Å². The van der Waals surface area contributed by atoms with Crippen LogP contribution in [0.3, 0.4) is 0 Å². The molecule has 0 bridgehead atoms. The van der Waals surface area contributed by atoms with Crippen LogP contribution in [0.2, 0.25) is 0 Å². The second kappa shape index (κ2) is 8.18. The van der Waals surface area contributed by atoms with Crippen molar-refractivity contribution in [3.8, 4) is 5.75 Å². The average Bonchev–Trinajstić information content (AvgIpc) is 3.18. The number of hydrogen-bond acceptors (Lipinski definition) is 4. The Balaban J connectivity index is 1.67. The molecule has 6 heteroatoms. The minimum atomic E-state index is 0.522. The molecule has 4 rings (SSSR count). The normalized spacial score (nSPS) is 11.8. The topological polar surface area (TPSA) is 74.7 Å². The molecule has 0 saturated heterocycles. The van der Waals surface area contributed by atoms with Crippen LogP contribution in [0.15, 0.2) is 89.0 Å². The summed E-state index contributed by atoms with van der Waals surface area (Å²) in [4.78, 5) is 12.6. The van der Waals surface area contributed by atoms with E-state index in [9.17, 15) is 0 Å². The highest BCUT2D eigenvalue weighted by molar-refractivity contribution is 6.00. The lowest BCUT2D eigenvalue weighted by molar-refractivity contribution is 0.414. The van der Waals surface area contributed by atoms with Gasteiger partial charge in [-0.15, -0.1) is 0 Å². The number of amidine groups is 1. The van der Waals surface area contributed by atoms with Crippen molar-refractivity contribution in [3.63, 3.8) is 0 Å². The number of para-hydroxylation sites is 4. The molecule has 138 valence electrons. The second-order valence-electron chi connectivity index (χ2n) is 6.01. The predicted molar refractivity (Wildman–Crippen MR) is 112 cm³/mol. The molecule has 0 amide bonds. The van der Waals surface area contributed by atoms with E-state index in [1.165, 1.54) is 0 Å². The summed E-state index contributed by atoms with van der Waals surface area (Å²) < 4.78 is 5.36. The zero-order valence-corrected chi connectivity index (χ0v) is 15.3. The molecule has 0 aliphatic rings. The van der Waals surface area contributed by atoms with Crippen LogP contribution in [0.25, 0.3) is 11.0 Å². The van der Waals surface area contributed by atoms with Crippen LogP contribution in [0, 0.1) is 0 Å². The summed E-state index contributed by atoms with van der Waals surface area (Å²) in [5.41, 5.74) is 6.49. The van der Waals surface area contributed by atoms with E-state index in [-0.39, 0.29) is 0 Å². The zero-order valence-electron chi connectivity index (χ0n) is 15.3. The molecule has 0 spiro atoms. The number of hydrazone groups is 1.